The molecule has 2 aromatic carbocycles. The summed E-state index contributed by atoms with van der Waals surface area (Å²) in [5.41, 5.74) is 4.78. The van der Waals surface area contributed by atoms with Crippen LogP contribution in [0.15, 0.2) is 46.9 Å². The quantitative estimate of drug-likeness (QED) is 0.108. The summed E-state index contributed by atoms with van der Waals surface area (Å²) < 4.78 is 14.5. The number of aromatic nitrogens is 1. The Hall–Kier alpha value is -2.63. The van der Waals surface area contributed by atoms with Crippen LogP contribution in [-0.4, -0.2) is 74.7 Å². The molecule has 0 spiro atoms. The molecule has 9 heteroatoms. The number of hydrogen-bond acceptors (Lipinski definition) is 6. The fourth-order valence-corrected chi connectivity index (χ4v) is 5.38. The van der Waals surface area contributed by atoms with Crippen molar-refractivity contribution in [2.45, 2.75) is 40.5 Å². The molecule has 0 bridgehead atoms. The molecular formula is C32H46IN5O3. The van der Waals surface area contributed by atoms with Gasteiger partial charge >= 0.3 is 0 Å². The van der Waals surface area contributed by atoms with Crippen molar-refractivity contribution in [1.29, 1.82) is 0 Å². The van der Waals surface area contributed by atoms with Crippen molar-refractivity contribution < 1.29 is 42.5 Å². The molecule has 2 aromatic heterocycles. The van der Waals surface area contributed by atoms with Crippen LogP contribution in [-0.2, 0) is 11.8 Å². The number of carbonyl (C=O) groups is 1. The van der Waals surface area contributed by atoms with Gasteiger partial charge in [-0.3, -0.25) is 4.79 Å². The number of anilines is 1. The highest BCUT2D eigenvalue weighted by Crippen LogP contribution is 2.37. The fraction of sp³-hybridized carbons (Fsp3) is 0.500. The lowest BCUT2D eigenvalue weighted by Gasteiger charge is -2.18. The van der Waals surface area contributed by atoms with E-state index >= 15 is 0 Å². The Morgan fingerprint density at radius 1 is 0.902 bits per heavy atom. The summed E-state index contributed by atoms with van der Waals surface area (Å²) in [6, 6.07) is 14.2. The number of halogens is 1. The molecule has 0 aliphatic carbocycles. The first-order valence-corrected chi connectivity index (χ1v) is 14.9. The van der Waals surface area contributed by atoms with Gasteiger partial charge in [-0.1, -0.05) is 39.8 Å². The molecule has 0 fully saturated rings. The van der Waals surface area contributed by atoms with Gasteiger partial charge in [-0.25, -0.2) is 0 Å². The fourth-order valence-electron chi connectivity index (χ4n) is 5.38. The van der Waals surface area contributed by atoms with Gasteiger partial charge in [-0.2, -0.15) is 4.57 Å². The van der Waals surface area contributed by atoms with Crippen LogP contribution in [0.25, 0.3) is 33.0 Å². The van der Waals surface area contributed by atoms with Crippen LogP contribution in [0, 0.1) is 0 Å². The molecule has 41 heavy (non-hydrogen) atoms. The summed E-state index contributed by atoms with van der Waals surface area (Å²) in [5, 5.41) is 8.76. The second-order valence-corrected chi connectivity index (χ2v) is 10.2. The molecule has 1 amide bonds. The molecule has 4 aromatic rings. The molecule has 0 aliphatic heterocycles. The summed E-state index contributed by atoms with van der Waals surface area (Å²) in [5.74, 6) is 0.542. The van der Waals surface area contributed by atoms with Crippen molar-refractivity contribution in [3.05, 3.63) is 42.5 Å². The highest BCUT2D eigenvalue weighted by Gasteiger charge is 2.25. The molecule has 8 nitrogen and oxygen atoms in total. The second kappa shape index (κ2) is 16.1. The third-order valence-electron chi connectivity index (χ3n) is 7.82. The predicted octanol–water partition coefficient (Wildman–Crippen LogP) is 1.94. The summed E-state index contributed by atoms with van der Waals surface area (Å²) in [7, 11) is 2.07. The Morgan fingerprint density at radius 2 is 1.56 bits per heavy atom. The van der Waals surface area contributed by atoms with Gasteiger partial charge in [0.05, 0.1) is 16.5 Å². The van der Waals surface area contributed by atoms with Crippen molar-refractivity contribution in [3.8, 4) is 5.75 Å². The van der Waals surface area contributed by atoms with E-state index < -0.39 is 0 Å². The number of carbonyl (C=O) groups excluding carboxylic acids is 1. The number of amides is 1. The Kier molecular flexibility index (Phi) is 12.9. The highest BCUT2D eigenvalue weighted by molar-refractivity contribution is 6.11. The molecule has 0 radical (unpaired) electrons. The lowest BCUT2D eigenvalue weighted by molar-refractivity contribution is -0.616. The van der Waals surface area contributed by atoms with Crippen LogP contribution < -0.4 is 43.9 Å². The van der Waals surface area contributed by atoms with E-state index in [-0.39, 0.29) is 36.5 Å². The number of fused-ring (bicyclic) bond motifs is 4. The first-order valence-electron chi connectivity index (χ1n) is 14.9. The molecule has 4 rings (SSSR count). The average molecular weight is 676 g/mol. The third-order valence-corrected chi connectivity index (χ3v) is 7.82. The lowest BCUT2D eigenvalue weighted by atomic mass is 10.1. The number of pyridine rings is 1. The third kappa shape index (κ3) is 8.02. The minimum absolute atomic E-state index is 0. The molecule has 224 valence electrons. The Labute approximate surface area is 261 Å². The van der Waals surface area contributed by atoms with Crippen molar-refractivity contribution >= 4 is 44.6 Å². The Bertz CT molecular complexity index is 1420. The summed E-state index contributed by atoms with van der Waals surface area (Å²) in [6.07, 6.45) is 1.98. The standard InChI is InChI=1S/C32H45N5O3.HI/c1-6-36(7-2)20-12-18-33-29(38)23-39-24-16-17-28-26(22-24)31-32(40-28)30(34-19-13-21-37(8-3)9-4)25-14-10-11-15-27(25)35(31)5;/h10-11,14-17,22H,6-9,12-13,18-21,23H2,1-5H3,(H,33,38);1H. The summed E-state index contributed by atoms with van der Waals surface area (Å²) in [4.78, 5) is 17.2. The van der Waals surface area contributed by atoms with Crippen molar-refractivity contribution in [2.75, 3.05) is 64.3 Å². The van der Waals surface area contributed by atoms with E-state index in [2.05, 4.69) is 84.0 Å². The molecule has 0 unspecified atom stereocenters. The smallest absolute Gasteiger partial charge is 0.261 e. The van der Waals surface area contributed by atoms with Crippen LogP contribution in [0.4, 0.5) is 5.69 Å². The van der Waals surface area contributed by atoms with Gasteiger partial charge in [0, 0.05) is 19.2 Å². The van der Waals surface area contributed by atoms with E-state index in [0.717, 1.165) is 97.3 Å². The van der Waals surface area contributed by atoms with Gasteiger partial charge in [0.25, 0.3) is 11.4 Å². The molecule has 0 atom stereocenters. The number of nitrogens with zero attached hydrogens (tertiary/aromatic N) is 3. The Balaban J connectivity index is 0.00000462. The van der Waals surface area contributed by atoms with E-state index in [9.17, 15) is 4.79 Å². The van der Waals surface area contributed by atoms with E-state index in [4.69, 9.17) is 9.15 Å². The van der Waals surface area contributed by atoms with Crippen LogP contribution in [0.2, 0.25) is 0 Å². The number of nitrogens with one attached hydrogen (secondary N) is 2. The molecule has 0 saturated carbocycles. The molecule has 2 N–H and O–H groups in total. The molecule has 2 heterocycles. The van der Waals surface area contributed by atoms with E-state index in [0.29, 0.717) is 12.3 Å². The van der Waals surface area contributed by atoms with Crippen LogP contribution in [0.1, 0.15) is 40.5 Å². The number of aryl methyl sites for hydroxylation is 1. The highest BCUT2D eigenvalue weighted by atomic mass is 127. The summed E-state index contributed by atoms with van der Waals surface area (Å²) in [6.45, 7) is 16.5. The molecule has 0 aliphatic rings. The van der Waals surface area contributed by atoms with Crippen LogP contribution in [0.5, 0.6) is 5.75 Å². The number of ether oxygens (including phenoxy) is 1. The van der Waals surface area contributed by atoms with Gasteiger partial charge in [0.1, 0.15) is 18.4 Å². The van der Waals surface area contributed by atoms with Crippen molar-refractivity contribution in [3.63, 3.8) is 0 Å². The van der Waals surface area contributed by atoms with E-state index in [1.807, 2.05) is 18.2 Å². The maximum absolute atomic E-state index is 12.4. The SMILES string of the molecule is CCN(CC)CCCNC(=O)COc1ccc2oc3c(NCCCN(CC)CC)c4ccccc4[n+](C)c3c2c1.[I-]. The number of rotatable bonds is 16. The minimum Gasteiger partial charge on any atom is -1.00 e. The second-order valence-electron chi connectivity index (χ2n) is 10.2. The minimum atomic E-state index is -0.107. The van der Waals surface area contributed by atoms with Gasteiger partial charge in [0.15, 0.2) is 6.61 Å². The lowest BCUT2D eigenvalue weighted by Crippen LogP contribution is -3.00. The maximum atomic E-state index is 12.4. The van der Waals surface area contributed by atoms with Crippen molar-refractivity contribution in [1.82, 2.24) is 15.1 Å². The predicted molar refractivity (Wildman–Crippen MR) is 164 cm³/mol. The normalized spacial score (nSPS) is 11.5. The topological polar surface area (TPSA) is 73.9 Å². The zero-order valence-corrected chi connectivity index (χ0v) is 27.4. The Morgan fingerprint density at radius 3 is 2.24 bits per heavy atom. The number of hydrogen-bond donors (Lipinski definition) is 2. The van der Waals surface area contributed by atoms with Gasteiger partial charge in [-0.05, 0) is 76.4 Å². The summed E-state index contributed by atoms with van der Waals surface area (Å²) >= 11 is 0. The van der Waals surface area contributed by atoms with E-state index in [1.165, 1.54) is 0 Å². The first-order chi connectivity index (χ1) is 19.5. The molecular weight excluding hydrogens is 629 g/mol. The van der Waals surface area contributed by atoms with Gasteiger partial charge in [-0.15, -0.1) is 0 Å². The van der Waals surface area contributed by atoms with E-state index in [1.54, 1.807) is 0 Å². The largest absolute Gasteiger partial charge is 1.00 e. The number of para-hydroxylation sites is 1. The van der Waals surface area contributed by atoms with Gasteiger partial charge < -0.3 is 53.6 Å². The monoisotopic (exact) mass is 675 g/mol. The zero-order valence-electron chi connectivity index (χ0n) is 25.3. The first kappa shape index (κ1) is 32.9. The number of furan rings is 1. The zero-order chi connectivity index (χ0) is 28.5. The van der Waals surface area contributed by atoms with Crippen LogP contribution in [0.3, 0.4) is 0 Å². The van der Waals surface area contributed by atoms with Crippen LogP contribution >= 0.6 is 0 Å². The average Bonchev–Trinajstić information content (AvgIpc) is 3.36. The number of benzene rings is 2. The molecule has 0 saturated heterocycles. The van der Waals surface area contributed by atoms with Crippen molar-refractivity contribution in [2.24, 2.45) is 7.05 Å². The maximum Gasteiger partial charge on any atom is 0.261 e. The van der Waals surface area contributed by atoms with Gasteiger partial charge in [0.2, 0.25) is 11.1 Å².